The number of thioether (sulfide) groups is 1. The summed E-state index contributed by atoms with van der Waals surface area (Å²) < 4.78 is 0. The van der Waals surface area contributed by atoms with Crippen molar-refractivity contribution in [2.45, 2.75) is 37.9 Å². The molecule has 0 unspecified atom stereocenters. The van der Waals surface area contributed by atoms with Crippen molar-refractivity contribution < 1.29 is 9.59 Å². The molecule has 10 heteroatoms. The van der Waals surface area contributed by atoms with Crippen molar-refractivity contribution in [2.24, 2.45) is 0 Å². The number of carbonyl (C=O) groups is 2. The lowest BCUT2D eigenvalue weighted by molar-refractivity contribution is 0.0951. The van der Waals surface area contributed by atoms with Crippen LogP contribution >= 0.6 is 34.7 Å². The Labute approximate surface area is 193 Å². The number of carbonyl (C=O) groups excluding carboxylic acids is 2. The van der Waals surface area contributed by atoms with Crippen LogP contribution < -0.4 is 10.6 Å². The van der Waals surface area contributed by atoms with Crippen LogP contribution in [0.3, 0.4) is 0 Å². The van der Waals surface area contributed by atoms with Crippen LogP contribution in [0.15, 0.2) is 35.9 Å². The van der Waals surface area contributed by atoms with Crippen LogP contribution in [-0.2, 0) is 19.4 Å². The van der Waals surface area contributed by atoms with Crippen molar-refractivity contribution in [2.75, 3.05) is 11.1 Å². The number of anilines is 1. The smallest absolute Gasteiger partial charge is 0.276 e. The minimum Gasteiger partial charge on any atom is -0.348 e. The van der Waals surface area contributed by atoms with Crippen molar-refractivity contribution >= 4 is 51.5 Å². The number of aryl methyl sites for hydroxylation is 1. The quantitative estimate of drug-likeness (QED) is 0.390. The first-order valence-electron chi connectivity index (χ1n) is 9.85. The molecule has 160 valence electrons. The van der Waals surface area contributed by atoms with E-state index in [4.69, 9.17) is 11.6 Å². The second kappa shape index (κ2) is 9.76. The summed E-state index contributed by atoms with van der Waals surface area (Å²) in [5, 5.41) is 6.99. The normalized spacial score (nSPS) is 12.5. The first kappa shape index (κ1) is 21.7. The van der Waals surface area contributed by atoms with Crippen molar-refractivity contribution in [3.8, 4) is 0 Å². The molecule has 0 aliphatic heterocycles. The van der Waals surface area contributed by atoms with Gasteiger partial charge in [0.15, 0.2) is 10.9 Å². The molecule has 0 atom stereocenters. The molecule has 3 heterocycles. The molecule has 3 aromatic rings. The molecule has 31 heavy (non-hydrogen) atoms. The summed E-state index contributed by atoms with van der Waals surface area (Å²) >= 11 is 9.05. The number of hydrogen-bond acceptors (Lipinski definition) is 7. The van der Waals surface area contributed by atoms with Gasteiger partial charge in [0.1, 0.15) is 5.00 Å². The van der Waals surface area contributed by atoms with Gasteiger partial charge in [-0.2, -0.15) is 0 Å². The number of nitrogens with zero attached hydrogens (tertiary/aromatic N) is 3. The second-order valence-electron chi connectivity index (χ2n) is 6.84. The highest BCUT2D eigenvalue weighted by atomic mass is 35.5. The SMILES string of the molecule is CCSc1ncc(Cl)c(C(=O)Nc2sc3c(c2C(=O)NCc2cccnc2)CCC3)n1. The summed E-state index contributed by atoms with van der Waals surface area (Å²) in [6, 6.07) is 3.73. The summed E-state index contributed by atoms with van der Waals surface area (Å²) in [4.78, 5) is 39.6. The Hall–Kier alpha value is -2.49. The van der Waals surface area contributed by atoms with Crippen molar-refractivity contribution in [3.05, 3.63) is 63.0 Å². The Morgan fingerprint density at radius 1 is 1.26 bits per heavy atom. The molecule has 0 fully saturated rings. The van der Waals surface area contributed by atoms with Gasteiger partial charge in [-0.3, -0.25) is 14.6 Å². The van der Waals surface area contributed by atoms with Gasteiger partial charge in [-0.05, 0) is 42.2 Å². The summed E-state index contributed by atoms with van der Waals surface area (Å²) in [5.41, 5.74) is 2.55. The van der Waals surface area contributed by atoms with Gasteiger partial charge >= 0.3 is 0 Å². The van der Waals surface area contributed by atoms with Crippen LogP contribution in [-0.4, -0.2) is 32.5 Å². The molecule has 4 rings (SSSR count). The molecule has 1 aliphatic carbocycles. The average molecular weight is 474 g/mol. The van der Waals surface area contributed by atoms with Gasteiger partial charge < -0.3 is 10.6 Å². The molecular formula is C21H20ClN5O2S2. The maximum Gasteiger partial charge on any atom is 0.276 e. The minimum atomic E-state index is -0.452. The molecule has 0 spiro atoms. The Kier molecular flexibility index (Phi) is 6.84. The van der Waals surface area contributed by atoms with E-state index in [1.165, 1.54) is 29.3 Å². The number of pyridine rings is 1. The van der Waals surface area contributed by atoms with E-state index in [9.17, 15) is 9.59 Å². The molecule has 0 bridgehead atoms. The Balaban J connectivity index is 1.57. The molecule has 3 aromatic heterocycles. The molecule has 0 saturated carbocycles. The van der Waals surface area contributed by atoms with E-state index in [0.29, 0.717) is 22.3 Å². The van der Waals surface area contributed by atoms with Gasteiger partial charge in [0.25, 0.3) is 11.8 Å². The number of fused-ring (bicyclic) bond motifs is 1. The minimum absolute atomic E-state index is 0.0999. The maximum atomic E-state index is 13.1. The largest absolute Gasteiger partial charge is 0.348 e. The van der Waals surface area contributed by atoms with E-state index >= 15 is 0 Å². The molecule has 2 N–H and O–H groups in total. The van der Waals surface area contributed by atoms with Crippen molar-refractivity contribution in [1.29, 1.82) is 0 Å². The lowest BCUT2D eigenvalue weighted by atomic mass is 10.1. The van der Waals surface area contributed by atoms with E-state index in [1.54, 1.807) is 12.4 Å². The van der Waals surface area contributed by atoms with Crippen LogP contribution in [0, 0.1) is 0 Å². The number of aromatic nitrogens is 3. The Morgan fingerprint density at radius 3 is 2.90 bits per heavy atom. The third-order valence-electron chi connectivity index (χ3n) is 4.76. The van der Waals surface area contributed by atoms with Gasteiger partial charge in [-0.1, -0.05) is 36.4 Å². The highest BCUT2D eigenvalue weighted by molar-refractivity contribution is 7.99. The predicted molar refractivity (Wildman–Crippen MR) is 123 cm³/mol. The number of hydrogen-bond donors (Lipinski definition) is 2. The Bertz CT molecular complexity index is 1120. The second-order valence-corrected chi connectivity index (χ2v) is 9.59. The fourth-order valence-electron chi connectivity index (χ4n) is 3.38. The highest BCUT2D eigenvalue weighted by Crippen LogP contribution is 2.39. The lowest BCUT2D eigenvalue weighted by Crippen LogP contribution is -2.25. The summed E-state index contributed by atoms with van der Waals surface area (Å²) in [6.07, 6.45) is 7.57. The van der Waals surface area contributed by atoms with E-state index in [0.717, 1.165) is 41.0 Å². The van der Waals surface area contributed by atoms with Gasteiger partial charge in [-0.25, -0.2) is 9.97 Å². The van der Waals surface area contributed by atoms with Crippen LogP contribution in [0.2, 0.25) is 5.02 Å². The number of nitrogens with one attached hydrogen (secondary N) is 2. The first-order chi connectivity index (χ1) is 15.1. The van der Waals surface area contributed by atoms with E-state index in [2.05, 4.69) is 25.6 Å². The molecule has 0 aromatic carbocycles. The number of halogens is 1. The van der Waals surface area contributed by atoms with Gasteiger partial charge in [0, 0.05) is 23.8 Å². The Morgan fingerprint density at radius 2 is 2.13 bits per heavy atom. The zero-order valence-electron chi connectivity index (χ0n) is 16.8. The topological polar surface area (TPSA) is 96.9 Å². The standard InChI is InChI=1S/C21H20ClN5O2S2/c1-2-30-21-25-11-14(22)17(26-21)19(29)27-20-16(13-6-3-7-15(13)31-20)18(28)24-10-12-5-4-8-23-9-12/h4-5,8-9,11H,2-3,6-7,10H2,1H3,(H,24,28)(H,27,29). The third kappa shape index (κ3) is 4.89. The summed E-state index contributed by atoms with van der Waals surface area (Å²) in [5.74, 6) is 0.114. The van der Waals surface area contributed by atoms with Crippen LogP contribution in [0.25, 0.3) is 0 Å². The molecule has 0 radical (unpaired) electrons. The molecule has 2 amide bonds. The molecular weight excluding hydrogens is 454 g/mol. The third-order valence-corrected chi connectivity index (χ3v) is 6.99. The van der Waals surface area contributed by atoms with Gasteiger partial charge in [0.05, 0.1) is 16.8 Å². The fraction of sp³-hybridized carbons (Fsp3) is 0.286. The molecule has 0 saturated heterocycles. The van der Waals surface area contributed by atoms with Crippen LogP contribution in [0.5, 0.6) is 0 Å². The molecule has 7 nitrogen and oxygen atoms in total. The lowest BCUT2D eigenvalue weighted by Gasteiger charge is -2.10. The van der Waals surface area contributed by atoms with E-state index < -0.39 is 5.91 Å². The first-order valence-corrected chi connectivity index (χ1v) is 12.0. The number of rotatable bonds is 7. The predicted octanol–water partition coefficient (Wildman–Crippen LogP) is 4.37. The van der Waals surface area contributed by atoms with Crippen molar-refractivity contribution in [3.63, 3.8) is 0 Å². The zero-order chi connectivity index (χ0) is 21.8. The molecule has 1 aliphatic rings. The van der Waals surface area contributed by atoms with E-state index in [1.807, 2.05) is 19.1 Å². The van der Waals surface area contributed by atoms with Crippen LogP contribution in [0.1, 0.15) is 50.2 Å². The maximum absolute atomic E-state index is 13.1. The average Bonchev–Trinajstić information content (AvgIpc) is 3.35. The zero-order valence-corrected chi connectivity index (χ0v) is 19.2. The highest BCUT2D eigenvalue weighted by Gasteiger charge is 2.28. The van der Waals surface area contributed by atoms with Gasteiger partial charge in [-0.15, -0.1) is 11.3 Å². The summed E-state index contributed by atoms with van der Waals surface area (Å²) in [6.45, 7) is 2.34. The van der Waals surface area contributed by atoms with Crippen molar-refractivity contribution in [1.82, 2.24) is 20.3 Å². The monoisotopic (exact) mass is 473 g/mol. The number of amides is 2. The fourth-order valence-corrected chi connectivity index (χ4v) is 5.38. The van der Waals surface area contributed by atoms with E-state index in [-0.39, 0.29) is 16.6 Å². The van der Waals surface area contributed by atoms with Gasteiger partial charge in [0.2, 0.25) is 0 Å². The summed E-state index contributed by atoms with van der Waals surface area (Å²) in [7, 11) is 0. The number of thiophene rings is 1. The van der Waals surface area contributed by atoms with Crippen LogP contribution in [0.4, 0.5) is 5.00 Å².